The fourth-order valence-corrected chi connectivity index (χ4v) is 2.70. The van der Waals surface area contributed by atoms with Gasteiger partial charge < -0.3 is 9.73 Å². The molecule has 0 aliphatic heterocycles. The number of hydrogen-bond donors (Lipinski definition) is 1. The van der Waals surface area contributed by atoms with Crippen LogP contribution in [0.4, 0.5) is 0 Å². The highest BCUT2D eigenvalue weighted by Crippen LogP contribution is 2.20. The molecule has 114 valence electrons. The molecule has 1 unspecified atom stereocenters. The molecule has 2 rings (SSSR count). The van der Waals surface area contributed by atoms with Crippen LogP contribution in [0.5, 0.6) is 0 Å². The predicted molar refractivity (Wildman–Crippen MR) is 87.4 cm³/mol. The van der Waals surface area contributed by atoms with Gasteiger partial charge in [-0.2, -0.15) is 0 Å². The molecule has 0 bridgehead atoms. The van der Waals surface area contributed by atoms with E-state index in [9.17, 15) is 0 Å². The van der Waals surface area contributed by atoms with E-state index in [2.05, 4.69) is 54.5 Å². The number of aryl methyl sites for hydroxylation is 2. The number of nitrogens with one attached hydrogen (secondary N) is 1. The Morgan fingerprint density at radius 2 is 1.90 bits per heavy atom. The summed E-state index contributed by atoms with van der Waals surface area (Å²) in [6, 6.07) is 13.1. The average molecular weight is 286 g/mol. The largest absolute Gasteiger partial charge is 0.465 e. The standard InChI is InChI=1S/C18H26N2O/c1-14-7-5-6-8-17(14)18(19-3)11-12-20(4)13-16-10-9-15(2)21-16/h5-10,18-19H,11-13H2,1-4H3. The molecule has 0 aliphatic carbocycles. The molecular weight excluding hydrogens is 260 g/mol. The van der Waals surface area contributed by atoms with Gasteiger partial charge in [-0.15, -0.1) is 0 Å². The third-order valence-corrected chi connectivity index (χ3v) is 3.93. The zero-order valence-electron chi connectivity index (χ0n) is 13.5. The molecule has 1 aromatic carbocycles. The SMILES string of the molecule is CNC(CCN(C)Cc1ccc(C)o1)c1ccccc1C. The molecule has 0 aliphatic rings. The van der Waals surface area contributed by atoms with Crippen LogP contribution in [0.1, 0.15) is 35.1 Å². The summed E-state index contributed by atoms with van der Waals surface area (Å²) in [5.41, 5.74) is 2.74. The Hall–Kier alpha value is -1.58. The van der Waals surface area contributed by atoms with Crippen LogP contribution in [0.15, 0.2) is 40.8 Å². The maximum Gasteiger partial charge on any atom is 0.118 e. The summed E-state index contributed by atoms with van der Waals surface area (Å²) in [5.74, 6) is 2.01. The zero-order valence-corrected chi connectivity index (χ0v) is 13.5. The first-order chi connectivity index (χ1) is 10.1. The van der Waals surface area contributed by atoms with Crippen molar-refractivity contribution in [3.05, 3.63) is 59.0 Å². The van der Waals surface area contributed by atoms with Gasteiger partial charge >= 0.3 is 0 Å². The molecule has 0 radical (unpaired) electrons. The van der Waals surface area contributed by atoms with Crippen molar-refractivity contribution < 1.29 is 4.42 Å². The summed E-state index contributed by atoms with van der Waals surface area (Å²) in [6.07, 6.45) is 1.08. The molecule has 1 N–H and O–H groups in total. The van der Waals surface area contributed by atoms with Crippen molar-refractivity contribution in [1.82, 2.24) is 10.2 Å². The van der Waals surface area contributed by atoms with Gasteiger partial charge in [0, 0.05) is 12.6 Å². The lowest BCUT2D eigenvalue weighted by atomic mass is 9.99. The second-order valence-corrected chi connectivity index (χ2v) is 5.74. The molecule has 0 amide bonds. The molecule has 1 aromatic heterocycles. The highest BCUT2D eigenvalue weighted by atomic mass is 16.3. The van der Waals surface area contributed by atoms with E-state index in [4.69, 9.17) is 4.42 Å². The van der Waals surface area contributed by atoms with E-state index in [0.29, 0.717) is 6.04 Å². The van der Waals surface area contributed by atoms with Crippen LogP contribution in [0.2, 0.25) is 0 Å². The smallest absolute Gasteiger partial charge is 0.118 e. The Labute approximate surface area is 128 Å². The molecule has 0 saturated heterocycles. The molecule has 0 fully saturated rings. The first-order valence-electron chi connectivity index (χ1n) is 7.57. The minimum atomic E-state index is 0.395. The Bertz CT molecular complexity index is 562. The van der Waals surface area contributed by atoms with Crippen LogP contribution >= 0.6 is 0 Å². The van der Waals surface area contributed by atoms with Gasteiger partial charge in [-0.25, -0.2) is 0 Å². The van der Waals surface area contributed by atoms with Crippen molar-refractivity contribution in [2.75, 3.05) is 20.6 Å². The van der Waals surface area contributed by atoms with Crippen molar-refractivity contribution in [2.45, 2.75) is 32.9 Å². The second kappa shape index (κ2) is 7.43. The van der Waals surface area contributed by atoms with Gasteiger partial charge in [0.1, 0.15) is 11.5 Å². The van der Waals surface area contributed by atoms with Gasteiger partial charge in [0.05, 0.1) is 6.54 Å². The van der Waals surface area contributed by atoms with Crippen molar-refractivity contribution in [3.63, 3.8) is 0 Å². The van der Waals surface area contributed by atoms with E-state index >= 15 is 0 Å². The summed E-state index contributed by atoms with van der Waals surface area (Å²) in [4.78, 5) is 2.31. The zero-order chi connectivity index (χ0) is 15.2. The molecule has 3 nitrogen and oxygen atoms in total. The lowest BCUT2D eigenvalue weighted by Crippen LogP contribution is -2.25. The number of benzene rings is 1. The van der Waals surface area contributed by atoms with Crippen LogP contribution in [0, 0.1) is 13.8 Å². The van der Waals surface area contributed by atoms with Crippen molar-refractivity contribution in [3.8, 4) is 0 Å². The number of hydrogen-bond acceptors (Lipinski definition) is 3. The summed E-state index contributed by atoms with van der Waals surface area (Å²) in [5, 5.41) is 3.43. The summed E-state index contributed by atoms with van der Waals surface area (Å²) >= 11 is 0. The summed E-state index contributed by atoms with van der Waals surface area (Å²) < 4.78 is 5.63. The quantitative estimate of drug-likeness (QED) is 0.841. The summed E-state index contributed by atoms with van der Waals surface area (Å²) in [6.45, 7) is 6.05. The van der Waals surface area contributed by atoms with Crippen molar-refractivity contribution >= 4 is 0 Å². The van der Waals surface area contributed by atoms with E-state index in [0.717, 1.165) is 31.0 Å². The van der Waals surface area contributed by atoms with E-state index in [-0.39, 0.29) is 0 Å². The van der Waals surface area contributed by atoms with Crippen LogP contribution in [-0.4, -0.2) is 25.5 Å². The van der Waals surface area contributed by atoms with Crippen molar-refractivity contribution in [2.24, 2.45) is 0 Å². The van der Waals surface area contributed by atoms with Gasteiger partial charge in [0.15, 0.2) is 0 Å². The Kier molecular flexibility index (Phi) is 5.59. The fourth-order valence-electron chi connectivity index (χ4n) is 2.70. The first kappa shape index (κ1) is 15.8. The van der Waals surface area contributed by atoms with E-state index in [1.54, 1.807) is 0 Å². The minimum absolute atomic E-state index is 0.395. The minimum Gasteiger partial charge on any atom is -0.465 e. The Morgan fingerprint density at radius 1 is 1.14 bits per heavy atom. The van der Waals surface area contributed by atoms with Gasteiger partial charge in [-0.3, -0.25) is 4.90 Å². The molecule has 0 saturated carbocycles. The highest BCUT2D eigenvalue weighted by Gasteiger charge is 2.13. The van der Waals surface area contributed by atoms with Crippen LogP contribution in [0.3, 0.4) is 0 Å². The first-order valence-corrected chi connectivity index (χ1v) is 7.57. The van der Waals surface area contributed by atoms with Crippen molar-refractivity contribution in [1.29, 1.82) is 0 Å². The fraction of sp³-hybridized carbons (Fsp3) is 0.444. The average Bonchev–Trinajstić information content (AvgIpc) is 2.86. The van der Waals surface area contributed by atoms with Gasteiger partial charge in [0.2, 0.25) is 0 Å². The highest BCUT2D eigenvalue weighted by molar-refractivity contribution is 5.28. The number of rotatable bonds is 7. The van der Waals surface area contributed by atoms with E-state index < -0.39 is 0 Å². The monoisotopic (exact) mass is 286 g/mol. The molecule has 0 spiro atoms. The number of furan rings is 1. The lowest BCUT2D eigenvalue weighted by molar-refractivity contribution is 0.276. The third-order valence-electron chi connectivity index (χ3n) is 3.93. The molecule has 21 heavy (non-hydrogen) atoms. The molecule has 1 atom stereocenters. The van der Waals surface area contributed by atoms with E-state index in [1.807, 2.05) is 20.0 Å². The Morgan fingerprint density at radius 3 is 2.52 bits per heavy atom. The Balaban J connectivity index is 1.89. The van der Waals surface area contributed by atoms with Gasteiger partial charge in [-0.05, 0) is 57.6 Å². The third kappa shape index (κ3) is 4.45. The van der Waals surface area contributed by atoms with Gasteiger partial charge in [0.25, 0.3) is 0 Å². The topological polar surface area (TPSA) is 28.4 Å². The molecule has 1 heterocycles. The van der Waals surface area contributed by atoms with Crippen LogP contribution in [0.25, 0.3) is 0 Å². The summed E-state index contributed by atoms with van der Waals surface area (Å²) in [7, 11) is 4.18. The normalized spacial score (nSPS) is 12.8. The van der Waals surface area contributed by atoms with Gasteiger partial charge in [-0.1, -0.05) is 24.3 Å². The number of nitrogens with zero attached hydrogens (tertiary/aromatic N) is 1. The van der Waals surface area contributed by atoms with E-state index in [1.165, 1.54) is 11.1 Å². The molecular formula is C18H26N2O. The second-order valence-electron chi connectivity index (χ2n) is 5.74. The van der Waals surface area contributed by atoms with Crippen LogP contribution in [-0.2, 0) is 6.54 Å². The predicted octanol–water partition coefficient (Wildman–Crippen LogP) is 3.68. The lowest BCUT2D eigenvalue weighted by Gasteiger charge is -2.22. The maximum atomic E-state index is 5.63. The van der Waals surface area contributed by atoms with Crippen LogP contribution < -0.4 is 5.32 Å². The maximum absolute atomic E-state index is 5.63. The molecule has 3 heteroatoms. The molecule has 2 aromatic rings.